The summed E-state index contributed by atoms with van der Waals surface area (Å²) in [6.45, 7) is 3.19. The number of anilines is 3. The van der Waals surface area contributed by atoms with Crippen LogP contribution in [0.1, 0.15) is 36.2 Å². The minimum absolute atomic E-state index is 0.0183. The number of nitrogens with one attached hydrogen (secondary N) is 4. The summed E-state index contributed by atoms with van der Waals surface area (Å²) in [5.74, 6) is -1.37. The number of carbonyl (C=O) groups excluding carboxylic acids is 3. The maximum Gasteiger partial charge on any atom is 0.323 e. The molecule has 3 amide bonds. The Morgan fingerprint density at radius 1 is 1.00 bits per heavy atom. The van der Waals surface area contributed by atoms with Crippen LogP contribution in [0.15, 0.2) is 60.8 Å². The monoisotopic (exact) mass is 548 g/mol. The first-order chi connectivity index (χ1) is 19.0. The number of rotatable bonds is 12. The van der Waals surface area contributed by atoms with E-state index in [4.69, 9.17) is 10.5 Å². The van der Waals surface area contributed by atoms with E-state index in [1.807, 2.05) is 25.1 Å². The largest absolute Gasteiger partial charge is 0.495 e. The number of aliphatic carboxylic acids is 1. The van der Waals surface area contributed by atoms with Gasteiger partial charge in [0.05, 0.1) is 49.3 Å². The van der Waals surface area contributed by atoms with E-state index in [2.05, 4.69) is 26.3 Å². The first kappa shape index (κ1) is 29.7. The molecule has 40 heavy (non-hydrogen) atoms. The predicted molar refractivity (Wildman–Crippen MR) is 150 cm³/mol. The topological polar surface area (TPSA) is 185 Å². The third kappa shape index (κ3) is 8.61. The molecular formula is C28H32N6O6. The zero-order valence-corrected chi connectivity index (χ0v) is 22.4. The fourth-order valence-electron chi connectivity index (χ4n) is 3.77. The van der Waals surface area contributed by atoms with Gasteiger partial charge >= 0.3 is 12.0 Å². The molecule has 0 aliphatic carbocycles. The van der Waals surface area contributed by atoms with Gasteiger partial charge in [0.1, 0.15) is 11.9 Å². The van der Waals surface area contributed by atoms with E-state index >= 15 is 0 Å². The Hall–Kier alpha value is -4.81. The zero-order chi connectivity index (χ0) is 29.2. The fourth-order valence-corrected chi connectivity index (χ4v) is 3.77. The molecule has 1 aromatic heterocycles. The minimum atomic E-state index is -1.09. The summed E-state index contributed by atoms with van der Waals surface area (Å²) in [7, 11) is 1.46. The number of nitrogens with two attached hydrogens (primary N) is 1. The van der Waals surface area contributed by atoms with E-state index in [1.165, 1.54) is 20.2 Å². The lowest BCUT2D eigenvalue weighted by atomic mass is 10.1. The highest BCUT2D eigenvalue weighted by atomic mass is 16.5. The SMILES string of the molecule is COc1cc(CC(=O)Nc2ccc(C(CC(=O)O)NC(N)C(C)=O)nc2)ccc1NC(=O)Nc1ccccc1C. The third-order valence-electron chi connectivity index (χ3n) is 5.90. The molecule has 12 heteroatoms. The maximum atomic E-state index is 12.7. The number of benzene rings is 2. The van der Waals surface area contributed by atoms with Crippen molar-refractivity contribution in [2.75, 3.05) is 23.1 Å². The number of aryl methyl sites for hydroxylation is 1. The number of carbonyl (C=O) groups is 4. The Bertz CT molecular complexity index is 1380. The lowest BCUT2D eigenvalue weighted by Gasteiger charge is -2.20. The van der Waals surface area contributed by atoms with Gasteiger partial charge in [0.25, 0.3) is 0 Å². The molecule has 0 saturated carbocycles. The van der Waals surface area contributed by atoms with Crippen molar-refractivity contribution in [2.45, 2.75) is 38.9 Å². The first-order valence-corrected chi connectivity index (χ1v) is 12.4. The van der Waals surface area contributed by atoms with Crippen molar-refractivity contribution in [3.05, 3.63) is 77.6 Å². The van der Waals surface area contributed by atoms with Gasteiger partial charge in [-0.15, -0.1) is 0 Å². The third-order valence-corrected chi connectivity index (χ3v) is 5.90. The number of pyridine rings is 1. The summed E-state index contributed by atoms with van der Waals surface area (Å²) < 4.78 is 5.40. The zero-order valence-electron chi connectivity index (χ0n) is 22.4. The van der Waals surface area contributed by atoms with Crippen LogP contribution in [0.3, 0.4) is 0 Å². The molecule has 0 aliphatic rings. The molecule has 12 nitrogen and oxygen atoms in total. The summed E-state index contributed by atoms with van der Waals surface area (Å²) in [6, 6.07) is 14.3. The quantitative estimate of drug-likeness (QED) is 0.185. The van der Waals surface area contributed by atoms with Crippen molar-refractivity contribution in [3.8, 4) is 5.75 Å². The van der Waals surface area contributed by atoms with Crippen LogP contribution in [-0.2, 0) is 20.8 Å². The number of amides is 3. The van der Waals surface area contributed by atoms with Crippen LogP contribution in [-0.4, -0.2) is 47.1 Å². The molecule has 2 unspecified atom stereocenters. The number of urea groups is 1. The minimum Gasteiger partial charge on any atom is -0.495 e. The van der Waals surface area contributed by atoms with E-state index in [0.29, 0.717) is 34.1 Å². The summed E-state index contributed by atoms with van der Waals surface area (Å²) in [6.07, 6.45) is 0.0419. The molecule has 3 rings (SSSR count). The second-order valence-electron chi connectivity index (χ2n) is 9.03. The highest BCUT2D eigenvalue weighted by molar-refractivity contribution is 6.01. The summed E-state index contributed by atoms with van der Waals surface area (Å²) in [4.78, 5) is 52.1. The van der Waals surface area contributed by atoms with Crippen LogP contribution in [0, 0.1) is 6.92 Å². The van der Waals surface area contributed by atoms with Crippen LogP contribution in [0.5, 0.6) is 5.75 Å². The standard InChI is InChI=1S/C28H32N6O6/c1-16-6-4-5-7-20(16)33-28(39)34-22-10-8-18(12-24(22)40-3)13-25(36)31-19-9-11-21(30-15-19)23(14-26(37)38)32-27(29)17(2)35/h4-12,15,23,27,32H,13-14,29H2,1-3H3,(H,31,36)(H,37,38)(H2,33,34,39). The molecule has 0 fully saturated rings. The molecule has 210 valence electrons. The van der Waals surface area contributed by atoms with Crippen LogP contribution in [0.25, 0.3) is 0 Å². The Morgan fingerprint density at radius 3 is 2.35 bits per heavy atom. The van der Waals surface area contributed by atoms with Gasteiger partial charge in [-0.1, -0.05) is 24.3 Å². The molecule has 2 atom stereocenters. The number of nitrogens with zero attached hydrogens (tertiary/aromatic N) is 1. The predicted octanol–water partition coefficient (Wildman–Crippen LogP) is 3.20. The number of Topliss-reactive ketones (excluding diaryl/α,β-unsaturated/α-hetero) is 1. The summed E-state index contributed by atoms with van der Waals surface area (Å²) >= 11 is 0. The van der Waals surface area contributed by atoms with Gasteiger partial charge in [0.2, 0.25) is 5.91 Å². The molecule has 0 radical (unpaired) electrons. The molecule has 0 spiro atoms. The maximum absolute atomic E-state index is 12.7. The molecule has 7 N–H and O–H groups in total. The molecule has 1 heterocycles. The highest BCUT2D eigenvalue weighted by Gasteiger charge is 2.21. The van der Waals surface area contributed by atoms with Gasteiger partial charge < -0.3 is 31.5 Å². The number of ether oxygens (including phenoxy) is 1. The van der Waals surface area contributed by atoms with Crippen molar-refractivity contribution < 1.29 is 29.0 Å². The average molecular weight is 549 g/mol. The molecule has 0 saturated heterocycles. The molecule has 3 aromatic rings. The second kappa shape index (κ2) is 13.8. The number of carboxylic acid groups (broad SMARTS) is 1. The number of hydrogen-bond acceptors (Lipinski definition) is 8. The molecule has 2 aromatic carbocycles. The summed E-state index contributed by atoms with van der Waals surface area (Å²) in [5.41, 5.74) is 9.16. The van der Waals surface area contributed by atoms with Crippen LogP contribution < -0.4 is 31.7 Å². The van der Waals surface area contributed by atoms with Crippen molar-refractivity contribution in [3.63, 3.8) is 0 Å². The van der Waals surface area contributed by atoms with Crippen molar-refractivity contribution in [1.29, 1.82) is 0 Å². The van der Waals surface area contributed by atoms with E-state index in [-0.39, 0.29) is 24.5 Å². The van der Waals surface area contributed by atoms with Crippen molar-refractivity contribution in [1.82, 2.24) is 10.3 Å². The van der Waals surface area contributed by atoms with Crippen molar-refractivity contribution >= 4 is 40.8 Å². The molecular weight excluding hydrogens is 516 g/mol. The van der Waals surface area contributed by atoms with E-state index in [0.717, 1.165) is 5.56 Å². The van der Waals surface area contributed by atoms with Gasteiger partial charge in [0.15, 0.2) is 5.78 Å². The van der Waals surface area contributed by atoms with Crippen molar-refractivity contribution in [2.24, 2.45) is 5.73 Å². The number of ketones is 1. The molecule has 0 aliphatic heterocycles. The summed E-state index contributed by atoms with van der Waals surface area (Å²) in [5, 5.41) is 20.2. The lowest BCUT2D eigenvalue weighted by molar-refractivity contribution is -0.138. The smallest absolute Gasteiger partial charge is 0.323 e. The van der Waals surface area contributed by atoms with Gasteiger partial charge in [-0.3, -0.25) is 24.7 Å². The number of para-hydroxylation sites is 1. The van der Waals surface area contributed by atoms with E-state index in [9.17, 15) is 24.3 Å². The number of aromatic nitrogens is 1. The fraction of sp³-hybridized carbons (Fsp3) is 0.250. The van der Waals surface area contributed by atoms with Crippen LogP contribution >= 0.6 is 0 Å². The van der Waals surface area contributed by atoms with Gasteiger partial charge in [-0.25, -0.2) is 4.79 Å². The van der Waals surface area contributed by atoms with E-state index in [1.54, 1.807) is 36.4 Å². The number of methoxy groups -OCH3 is 1. The lowest BCUT2D eigenvalue weighted by Crippen LogP contribution is -2.45. The molecule has 0 bridgehead atoms. The Labute approximate surface area is 231 Å². The average Bonchev–Trinajstić information content (AvgIpc) is 2.90. The number of carboxylic acids is 1. The van der Waals surface area contributed by atoms with Gasteiger partial charge in [-0.2, -0.15) is 0 Å². The van der Waals surface area contributed by atoms with E-state index < -0.39 is 24.2 Å². The second-order valence-corrected chi connectivity index (χ2v) is 9.03. The van der Waals surface area contributed by atoms with Gasteiger partial charge in [-0.05, 0) is 55.3 Å². The van der Waals surface area contributed by atoms with Crippen LogP contribution in [0.2, 0.25) is 0 Å². The van der Waals surface area contributed by atoms with Crippen LogP contribution in [0.4, 0.5) is 21.9 Å². The Morgan fingerprint density at radius 2 is 1.73 bits per heavy atom. The normalized spacial score (nSPS) is 12.1. The van der Waals surface area contributed by atoms with Gasteiger partial charge in [0, 0.05) is 5.69 Å². The highest BCUT2D eigenvalue weighted by Crippen LogP contribution is 2.26. The first-order valence-electron chi connectivity index (χ1n) is 12.4. The Balaban J connectivity index is 1.61. The number of hydrogen-bond donors (Lipinski definition) is 6. The Kier molecular flexibility index (Phi) is 10.3.